The highest BCUT2D eigenvalue weighted by Crippen LogP contribution is 2.32. The summed E-state index contributed by atoms with van der Waals surface area (Å²) in [5, 5.41) is 1.34. The molecule has 0 aliphatic carbocycles. The number of carbonyl (C=O) groups is 1. The maximum Gasteiger partial charge on any atom is 0.258 e. The fourth-order valence-corrected chi connectivity index (χ4v) is 3.88. The van der Waals surface area contributed by atoms with E-state index >= 15 is 0 Å². The first-order valence-corrected chi connectivity index (χ1v) is 8.94. The van der Waals surface area contributed by atoms with Crippen molar-refractivity contribution in [2.45, 2.75) is 13.3 Å². The Labute approximate surface area is 156 Å². The van der Waals surface area contributed by atoms with Gasteiger partial charge in [-0.3, -0.25) is 4.79 Å². The van der Waals surface area contributed by atoms with E-state index in [1.807, 2.05) is 12.1 Å². The largest absolute Gasteiger partial charge is 0.358 e. The molecule has 1 aliphatic rings. The molecule has 1 amide bonds. The number of rotatable bonds is 2. The van der Waals surface area contributed by atoms with E-state index in [0.717, 1.165) is 17.6 Å². The van der Waals surface area contributed by atoms with Gasteiger partial charge in [-0.05, 0) is 37.1 Å². The van der Waals surface area contributed by atoms with Crippen LogP contribution >= 0.6 is 11.6 Å². The highest BCUT2D eigenvalue weighted by molar-refractivity contribution is 6.33. The maximum absolute atomic E-state index is 14.0. The number of amides is 1. The average molecular weight is 369 g/mol. The number of hydrogen-bond acceptors (Lipinski definition) is 1. The Kier molecular flexibility index (Phi) is 4.29. The lowest BCUT2D eigenvalue weighted by Crippen LogP contribution is -2.35. The Bertz CT molecular complexity index is 1020. The zero-order chi connectivity index (χ0) is 18.3. The number of aromatic amines is 1. The highest BCUT2D eigenvalue weighted by atomic mass is 35.5. The van der Waals surface area contributed by atoms with Gasteiger partial charge in [-0.1, -0.05) is 41.9 Å². The van der Waals surface area contributed by atoms with Crippen molar-refractivity contribution in [3.63, 3.8) is 0 Å². The van der Waals surface area contributed by atoms with Gasteiger partial charge in [0, 0.05) is 35.2 Å². The van der Waals surface area contributed by atoms with Crippen molar-refractivity contribution in [2.24, 2.45) is 0 Å². The van der Waals surface area contributed by atoms with Crippen molar-refractivity contribution in [2.75, 3.05) is 13.1 Å². The monoisotopic (exact) mass is 368 g/mol. The molecule has 5 heteroatoms. The van der Waals surface area contributed by atoms with Crippen LogP contribution < -0.4 is 0 Å². The first kappa shape index (κ1) is 16.9. The van der Waals surface area contributed by atoms with Crippen molar-refractivity contribution in [1.82, 2.24) is 9.88 Å². The quantitative estimate of drug-likeness (QED) is 0.663. The van der Waals surface area contributed by atoms with Gasteiger partial charge in [0.25, 0.3) is 5.91 Å². The van der Waals surface area contributed by atoms with E-state index in [-0.39, 0.29) is 16.5 Å². The standard InChI is InChI=1S/C21H18ClFN2O/c1-13-19(15-5-2-3-8-18(15)24-13)14-9-11-25(12-10-14)21(26)20-16(22)6-4-7-17(20)23/h2-9,24H,10-12H2,1H3. The molecule has 0 bridgehead atoms. The number of nitrogens with one attached hydrogen (secondary N) is 1. The first-order valence-electron chi connectivity index (χ1n) is 8.56. The molecule has 2 heterocycles. The van der Waals surface area contributed by atoms with Crippen LogP contribution in [0.25, 0.3) is 16.5 Å². The molecule has 3 aromatic rings. The first-order chi connectivity index (χ1) is 12.6. The molecule has 2 aromatic carbocycles. The van der Waals surface area contributed by atoms with Crippen LogP contribution in [0.3, 0.4) is 0 Å². The van der Waals surface area contributed by atoms with E-state index < -0.39 is 5.82 Å². The lowest BCUT2D eigenvalue weighted by atomic mass is 9.96. The normalized spacial score (nSPS) is 14.6. The fraction of sp³-hybridized carbons (Fsp3) is 0.190. The number of aromatic nitrogens is 1. The van der Waals surface area contributed by atoms with Crippen LogP contribution in [0.4, 0.5) is 4.39 Å². The zero-order valence-corrected chi connectivity index (χ0v) is 15.1. The molecule has 0 atom stereocenters. The van der Waals surface area contributed by atoms with E-state index in [1.165, 1.54) is 28.7 Å². The second kappa shape index (κ2) is 6.61. The Balaban J connectivity index is 1.62. The molecule has 0 spiro atoms. The number of nitrogens with zero attached hydrogens (tertiary/aromatic N) is 1. The Hall–Kier alpha value is -2.59. The van der Waals surface area contributed by atoms with E-state index in [0.29, 0.717) is 13.1 Å². The third-order valence-electron chi connectivity index (χ3n) is 4.89. The number of aryl methyl sites for hydroxylation is 1. The summed E-state index contributed by atoms with van der Waals surface area (Å²) >= 11 is 6.03. The summed E-state index contributed by atoms with van der Waals surface area (Å²) in [6.45, 7) is 3.04. The van der Waals surface area contributed by atoms with Gasteiger partial charge in [0.05, 0.1) is 10.6 Å². The number of fused-ring (bicyclic) bond motifs is 1. The third kappa shape index (κ3) is 2.80. The van der Waals surface area contributed by atoms with Crippen LogP contribution in [0.15, 0.2) is 48.5 Å². The van der Waals surface area contributed by atoms with Crippen molar-refractivity contribution in [3.05, 3.63) is 76.2 Å². The molecule has 0 saturated heterocycles. The number of benzene rings is 2. The zero-order valence-electron chi connectivity index (χ0n) is 14.4. The van der Waals surface area contributed by atoms with Crippen LogP contribution in [0.2, 0.25) is 5.02 Å². The second-order valence-corrected chi connectivity index (χ2v) is 6.90. The lowest BCUT2D eigenvalue weighted by Gasteiger charge is -2.27. The smallest absolute Gasteiger partial charge is 0.258 e. The second-order valence-electron chi connectivity index (χ2n) is 6.50. The van der Waals surface area contributed by atoms with Crippen LogP contribution in [-0.4, -0.2) is 28.9 Å². The van der Waals surface area contributed by atoms with Gasteiger partial charge in [-0.25, -0.2) is 4.39 Å². The van der Waals surface area contributed by atoms with Gasteiger partial charge >= 0.3 is 0 Å². The van der Waals surface area contributed by atoms with Gasteiger partial charge in [-0.2, -0.15) is 0 Å². The number of H-pyrrole nitrogens is 1. The summed E-state index contributed by atoms with van der Waals surface area (Å²) in [5.74, 6) is -0.941. The van der Waals surface area contributed by atoms with Crippen LogP contribution in [-0.2, 0) is 0 Å². The van der Waals surface area contributed by atoms with Gasteiger partial charge in [0.1, 0.15) is 5.82 Å². The summed E-state index contributed by atoms with van der Waals surface area (Å²) in [6, 6.07) is 12.5. The number of hydrogen-bond donors (Lipinski definition) is 1. The molecule has 1 N–H and O–H groups in total. The third-order valence-corrected chi connectivity index (χ3v) is 5.20. The molecule has 132 valence electrons. The minimum Gasteiger partial charge on any atom is -0.358 e. The molecular weight excluding hydrogens is 351 g/mol. The topological polar surface area (TPSA) is 36.1 Å². The van der Waals surface area contributed by atoms with Crippen molar-refractivity contribution >= 4 is 34.0 Å². The Morgan fingerprint density at radius 2 is 2.00 bits per heavy atom. The van der Waals surface area contributed by atoms with Crippen molar-refractivity contribution in [3.8, 4) is 0 Å². The van der Waals surface area contributed by atoms with Crippen LogP contribution in [0.5, 0.6) is 0 Å². The SMILES string of the molecule is Cc1[nH]c2ccccc2c1C1=CCN(C(=O)c2c(F)cccc2Cl)CC1. The van der Waals surface area contributed by atoms with E-state index in [4.69, 9.17) is 11.6 Å². The Morgan fingerprint density at radius 3 is 2.73 bits per heavy atom. The van der Waals surface area contributed by atoms with Gasteiger partial charge in [0.15, 0.2) is 0 Å². The number of carbonyl (C=O) groups excluding carboxylic acids is 1. The summed E-state index contributed by atoms with van der Waals surface area (Å²) in [7, 11) is 0. The number of para-hydroxylation sites is 1. The predicted octanol–water partition coefficient (Wildman–Crippen LogP) is 5.20. The maximum atomic E-state index is 14.0. The molecule has 0 radical (unpaired) electrons. The molecule has 0 fully saturated rings. The highest BCUT2D eigenvalue weighted by Gasteiger charge is 2.25. The van der Waals surface area contributed by atoms with Crippen LogP contribution in [0.1, 0.15) is 28.0 Å². The molecule has 1 aromatic heterocycles. The minimum absolute atomic E-state index is 0.0470. The molecule has 1 aliphatic heterocycles. The fourth-order valence-electron chi connectivity index (χ4n) is 3.63. The summed E-state index contributed by atoms with van der Waals surface area (Å²) in [5.41, 5.74) is 4.60. The molecule has 3 nitrogen and oxygen atoms in total. The van der Waals surface area contributed by atoms with Crippen LogP contribution in [0, 0.1) is 12.7 Å². The van der Waals surface area contributed by atoms with E-state index in [2.05, 4.69) is 30.1 Å². The predicted molar refractivity (Wildman–Crippen MR) is 103 cm³/mol. The van der Waals surface area contributed by atoms with Gasteiger partial charge < -0.3 is 9.88 Å². The molecular formula is C21H18ClFN2O. The van der Waals surface area contributed by atoms with Gasteiger partial charge in [-0.15, -0.1) is 0 Å². The van der Waals surface area contributed by atoms with E-state index in [9.17, 15) is 9.18 Å². The lowest BCUT2D eigenvalue weighted by molar-refractivity contribution is 0.0768. The Morgan fingerprint density at radius 1 is 1.19 bits per heavy atom. The number of halogens is 2. The summed E-state index contributed by atoms with van der Waals surface area (Å²) in [4.78, 5) is 17.7. The summed E-state index contributed by atoms with van der Waals surface area (Å²) in [6.07, 6.45) is 2.78. The van der Waals surface area contributed by atoms with Crippen molar-refractivity contribution in [1.29, 1.82) is 0 Å². The van der Waals surface area contributed by atoms with Gasteiger partial charge in [0.2, 0.25) is 0 Å². The molecule has 4 rings (SSSR count). The van der Waals surface area contributed by atoms with Crippen molar-refractivity contribution < 1.29 is 9.18 Å². The average Bonchev–Trinajstić information content (AvgIpc) is 2.97. The summed E-state index contributed by atoms with van der Waals surface area (Å²) < 4.78 is 14.0. The minimum atomic E-state index is -0.579. The molecule has 26 heavy (non-hydrogen) atoms. The van der Waals surface area contributed by atoms with E-state index in [1.54, 1.807) is 11.0 Å². The molecule has 0 unspecified atom stereocenters. The molecule has 0 saturated carbocycles.